The van der Waals surface area contributed by atoms with Crippen molar-refractivity contribution in [3.8, 4) is 6.07 Å². The summed E-state index contributed by atoms with van der Waals surface area (Å²) >= 11 is 1.14. The molecule has 0 aliphatic heterocycles. The highest BCUT2D eigenvalue weighted by Crippen LogP contribution is 2.49. The van der Waals surface area contributed by atoms with Crippen LogP contribution in [0.25, 0.3) is 0 Å². The number of nitriles is 1. The van der Waals surface area contributed by atoms with E-state index in [9.17, 15) is 14.9 Å². The van der Waals surface area contributed by atoms with Crippen molar-refractivity contribution in [2.45, 2.75) is 50.6 Å². The predicted molar refractivity (Wildman–Crippen MR) is 91.6 cm³/mol. The number of aryl methyl sites for hydroxylation is 1. The minimum absolute atomic E-state index is 0.0705. The fourth-order valence-electron chi connectivity index (χ4n) is 4.24. The van der Waals surface area contributed by atoms with Gasteiger partial charge in [0.05, 0.1) is 5.75 Å². The molecule has 24 heavy (non-hydrogen) atoms. The van der Waals surface area contributed by atoms with Gasteiger partial charge in [0, 0.05) is 11.7 Å². The van der Waals surface area contributed by atoms with Crippen molar-refractivity contribution in [3.05, 3.63) is 21.7 Å². The van der Waals surface area contributed by atoms with E-state index in [1.807, 2.05) is 6.07 Å². The van der Waals surface area contributed by atoms with Gasteiger partial charge < -0.3 is 10.3 Å². The van der Waals surface area contributed by atoms with Gasteiger partial charge in [0.2, 0.25) is 5.91 Å². The van der Waals surface area contributed by atoms with Crippen LogP contribution in [0, 0.1) is 36.0 Å². The average Bonchev–Trinajstić information content (AvgIpc) is 3.15. The SMILES string of the molecule is Cc1[nH]c(=O)nc(SCC(=O)N[C@@H](C)[C@@H]2C[C@H]3CC[C@H]2C3)c1C#N. The Morgan fingerprint density at radius 3 is 2.92 bits per heavy atom. The number of carbonyl (C=O) groups excluding carboxylic acids is 1. The molecule has 0 saturated heterocycles. The van der Waals surface area contributed by atoms with E-state index in [4.69, 9.17) is 0 Å². The third kappa shape index (κ3) is 3.48. The minimum Gasteiger partial charge on any atom is -0.353 e. The van der Waals surface area contributed by atoms with E-state index in [-0.39, 0.29) is 17.7 Å². The van der Waals surface area contributed by atoms with Crippen molar-refractivity contribution in [1.29, 1.82) is 5.26 Å². The van der Waals surface area contributed by atoms with Gasteiger partial charge in [-0.2, -0.15) is 10.2 Å². The molecule has 7 heteroatoms. The first kappa shape index (κ1) is 17.0. The normalized spacial score (nSPS) is 26.1. The number of nitrogens with one attached hydrogen (secondary N) is 2. The molecule has 2 bridgehead atoms. The Labute approximate surface area is 145 Å². The van der Waals surface area contributed by atoms with Crippen LogP contribution < -0.4 is 11.0 Å². The number of aromatic amines is 1. The maximum absolute atomic E-state index is 12.2. The fourth-order valence-corrected chi connectivity index (χ4v) is 5.08. The van der Waals surface area contributed by atoms with Gasteiger partial charge >= 0.3 is 5.69 Å². The zero-order chi connectivity index (χ0) is 17.3. The summed E-state index contributed by atoms with van der Waals surface area (Å²) in [5.74, 6) is 2.30. The number of amides is 1. The number of nitrogens with zero attached hydrogens (tertiary/aromatic N) is 2. The number of fused-ring (bicyclic) bond motifs is 2. The topological polar surface area (TPSA) is 98.6 Å². The Morgan fingerprint density at radius 2 is 2.29 bits per heavy atom. The molecule has 128 valence electrons. The van der Waals surface area contributed by atoms with Crippen LogP contribution in [-0.4, -0.2) is 27.7 Å². The van der Waals surface area contributed by atoms with Crippen LogP contribution in [0.2, 0.25) is 0 Å². The van der Waals surface area contributed by atoms with Gasteiger partial charge in [0.1, 0.15) is 16.7 Å². The van der Waals surface area contributed by atoms with E-state index >= 15 is 0 Å². The molecule has 0 aromatic carbocycles. The zero-order valence-corrected chi connectivity index (χ0v) is 14.8. The molecule has 0 radical (unpaired) electrons. The molecular formula is C17H22N4O2S. The number of hydrogen-bond acceptors (Lipinski definition) is 5. The number of thioether (sulfide) groups is 1. The number of aromatic nitrogens is 2. The molecule has 2 N–H and O–H groups in total. The molecule has 1 heterocycles. The van der Waals surface area contributed by atoms with Crippen LogP contribution in [0.5, 0.6) is 0 Å². The first-order chi connectivity index (χ1) is 11.5. The van der Waals surface area contributed by atoms with Gasteiger partial charge in [0.15, 0.2) is 0 Å². The molecule has 4 atom stereocenters. The Bertz CT molecular complexity index is 739. The van der Waals surface area contributed by atoms with E-state index in [1.165, 1.54) is 25.7 Å². The second kappa shape index (κ2) is 6.98. The van der Waals surface area contributed by atoms with Crippen LogP contribution >= 0.6 is 11.8 Å². The van der Waals surface area contributed by atoms with Gasteiger partial charge in [0.25, 0.3) is 0 Å². The lowest BCUT2D eigenvalue weighted by Gasteiger charge is -2.28. The van der Waals surface area contributed by atoms with Gasteiger partial charge in [-0.15, -0.1) is 0 Å². The van der Waals surface area contributed by atoms with Gasteiger partial charge in [-0.1, -0.05) is 18.2 Å². The molecule has 2 fully saturated rings. The second-order valence-corrected chi connectivity index (χ2v) is 7.91. The summed E-state index contributed by atoms with van der Waals surface area (Å²) < 4.78 is 0. The highest BCUT2D eigenvalue weighted by atomic mass is 32.2. The Hall–Kier alpha value is -1.81. The van der Waals surface area contributed by atoms with E-state index in [0.717, 1.165) is 23.6 Å². The van der Waals surface area contributed by atoms with Crippen LogP contribution in [0.3, 0.4) is 0 Å². The lowest BCUT2D eigenvalue weighted by Crippen LogP contribution is -2.41. The largest absolute Gasteiger partial charge is 0.353 e. The first-order valence-corrected chi connectivity index (χ1v) is 9.39. The monoisotopic (exact) mass is 346 g/mol. The highest BCUT2D eigenvalue weighted by molar-refractivity contribution is 8.00. The summed E-state index contributed by atoms with van der Waals surface area (Å²) in [5, 5.41) is 12.6. The second-order valence-electron chi connectivity index (χ2n) is 6.94. The molecule has 0 unspecified atom stereocenters. The molecule has 2 aliphatic carbocycles. The first-order valence-electron chi connectivity index (χ1n) is 8.41. The maximum Gasteiger partial charge on any atom is 0.346 e. The highest BCUT2D eigenvalue weighted by Gasteiger charge is 2.42. The zero-order valence-electron chi connectivity index (χ0n) is 14.0. The number of rotatable bonds is 5. The van der Waals surface area contributed by atoms with Crippen LogP contribution in [0.15, 0.2) is 9.82 Å². The Morgan fingerprint density at radius 1 is 1.50 bits per heavy atom. The molecule has 6 nitrogen and oxygen atoms in total. The third-order valence-corrected chi connectivity index (χ3v) is 6.34. The smallest absolute Gasteiger partial charge is 0.346 e. The van der Waals surface area contributed by atoms with Crippen molar-refractivity contribution in [3.63, 3.8) is 0 Å². The van der Waals surface area contributed by atoms with Gasteiger partial charge in [-0.3, -0.25) is 4.79 Å². The number of carbonyl (C=O) groups is 1. The summed E-state index contributed by atoms with van der Waals surface area (Å²) in [6, 6.07) is 2.21. The summed E-state index contributed by atoms with van der Waals surface area (Å²) in [7, 11) is 0. The lowest BCUT2D eigenvalue weighted by atomic mass is 9.84. The molecule has 2 saturated carbocycles. The summed E-state index contributed by atoms with van der Waals surface area (Å²) in [4.78, 5) is 30.0. The molecule has 1 aromatic rings. The van der Waals surface area contributed by atoms with Crippen molar-refractivity contribution < 1.29 is 4.79 Å². The van der Waals surface area contributed by atoms with E-state index < -0.39 is 5.69 Å². The van der Waals surface area contributed by atoms with E-state index in [2.05, 4.69) is 22.2 Å². The van der Waals surface area contributed by atoms with E-state index in [1.54, 1.807) is 6.92 Å². The molecule has 2 aliphatic rings. The standard InChI is InChI=1S/C17H22N4O2S/c1-9(13-6-11-3-4-12(13)5-11)19-15(22)8-24-16-14(7-18)10(2)20-17(23)21-16/h9,11-13H,3-6,8H2,1-2H3,(H,19,22)(H,20,21,23)/t9-,11-,12-,13-/m0/s1. The van der Waals surface area contributed by atoms with Crippen LogP contribution in [0.1, 0.15) is 43.9 Å². The van der Waals surface area contributed by atoms with Gasteiger partial charge in [-0.05, 0) is 50.9 Å². The number of H-pyrrole nitrogens is 1. The number of hydrogen-bond donors (Lipinski definition) is 2. The van der Waals surface area contributed by atoms with Crippen molar-refractivity contribution in [1.82, 2.24) is 15.3 Å². The van der Waals surface area contributed by atoms with E-state index in [0.29, 0.717) is 22.2 Å². The van der Waals surface area contributed by atoms with Crippen molar-refractivity contribution in [2.75, 3.05) is 5.75 Å². The summed E-state index contributed by atoms with van der Waals surface area (Å²) in [5.41, 5.74) is 0.314. The summed E-state index contributed by atoms with van der Waals surface area (Å²) in [6.07, 6.45) is 5.20. The van der Waals surface area contributed by atoms with Crippen molar-refractivity contribution in [2.24, 2.45) is 17.8 Å². The molecule has 3 rings (SSSR count). The Kier molecular flexibility index (Phi) is 4.95. The molecule has 0 spiro atoms. The van der Waals surface area contributed by atoms with Crippen LogP contribution in [-0.2, 0) is 4.79 Å². The predicted octanol–water partition coefficient (Wildman–Crippen LogP) is 1.98. The maximum atomic E-state index is 12.2. The summed E-state index contributed by atoms with van der Waals surface area (Å²) in [6.45, 7) is 3.74. The lowest BCUT2D eigenvalue weighted by molar-refractivity contribution is -0.119. The van der Waals surface area contributed by atoms with Crippen molar-refractivity contribution >= 4 is 17.7 Å². The van der Waals surface area contributed by atoms with Gasteiger partial charge in [-0.25, -0.2) is 4.79 Å². The molecule has 1 amide bonds. The fraction of sp³-hybridized carbons (Fsp3) is 0.647. The quantitative estimate of drug-likeness (QED) is 0.627. The Balaban J connectivity index is 1.56. The third-order valence-electron chi connectivity index (χ3n) is 5.36. The molecule has 1 aromatic heterocycles. The van der Waals surface area contributed by atoms with Crippen LogP contribution in [0.4, 0.5) is 0 Å². The molecular weight excluding hydrogens is 324 g/mol. The average molecular weight is 346 g/mol. The minimum atomic E-state index is -0.496.